The quantitative estimate of drug-likeness (QED) is 0.620. The van der Waals surface area contributed by atoms with Gasteiger partial charge in [0.25, 0.3) is 0 Å². The minimum atomic E-state index is -0.335. The molecular formula is C10H14N2O2S. The second kappa shape index (κ2) is 4.28. The van der Waals surface area contributed by atoms with Gasteiger partial charge in [-0.25, -0.2) is 0 Å². The van der Waals surface area contributed by atoms with E-state index in [2.05, 4.69) is 12.2 Å². The van der Waals surface area contributed by atoms with E-state index in [1.807, 2.05) is 6.07 Å². The summed E-state index contributed by atoms with van der Waals surface area (Å²) in [5.74, 6) is 0.819. The lowest BCUT2D eigenvalue weighted by Gasteiger charge is -2.10. The number of hydrogen-bond donors (Lipinski definition) is 1. The molecule has 1 heterocycles. The van der Waals surface area contributed by atoms with Crippen LogP contribution in [0.15, 0.2) is 12.1 Å². The Morgan fingerprint density at radius 3 is 2.93 bits per heavy atom. The molecule has 1 aliphatic rings. The summed E-state index contributed by atoms with van der Waals surface area (Å²) in [7, 11) is 0. The number of nitrogens with zero attached hydrogens (tertiary/aromatic N) is 1. The Kier molecular flexibility index (Phi) is 3.02. The van der Waals surface area contributed by atoms with Gasteiger partial charge in [0.15, 0.2) is 0 Å². The van der Waals surface area contributed by atoms with Gasteiger partial charge in [-0.1, -0.05) is 11.3 Å². The molecule has 1 aliphatic carbocycles. The molecule has 0 spiro atoms. The van der Waals surface area contributed by atoms with Gasteiger partial charge in [0.1, 0.15) is 0 Å². The fourth-order valence-electron chi connectivity index (χ4n) is 1.58. The molecule has 82 valence electrons. The van der Waals surface area contributed by atoms with Crippen LogP contribution >= 0.6 is 11.3 Å². The Bertz CT molecular complexity index is 360. The van der Waals surface area contributed by atoms with Gasteiger partial charge >= 0.3 is 5.00 Å². The maximum Gasteiger partial charge on any atom is 0.324 e. The zero-order chi connectivity index (χ0) is 10.8. The third-order valence-corrected chi connectivity index (χ3v) is 3.79. The lowest BCUT2D eigenvalue weighted by molar-refractivity contribution is -0.380. The van der Waals surface area contributed by atoms with Crippen LogP contribution in [0.5, 0.6) is 0 Å². The van der Waals surface area contributed by atoms with Gasteiger partial charge in [0.2, 0.25) is 0 Å². The van der Waals surface area contributed by atoms with Crippen molar-refractivity contribution in [2.24, 2.45) is 5.92 Å². The van der Waals surface area contributed by atoms with Gasteiger partial charge in [-0.2, -0.15) is 0 Å². The number of hydrogen-bond acceptors (Lipinski definition) is 4. The average Bonchev–Trinajstić information content (AvgIpc) is 2.93. The second-order valence-corrected chi connectivity index (χ2v) is 5.15. The highest BCUT2D eigenvalue weighted by molar-refractivity contribution is 7.15. The molecular weight excluding hydrogens is 212 g/mol. The third kappa shape index (κ3) is 2.76. The SMILES string of the molecule is CC(NCc1ccc([N+](=O)[O-])s1)C1CC1. The summed E-state index contributed by atoms with van der Waals surface area (Å²) in [6, 6.07) is 3.94. The molecule has 1 N–H and O–H groups in total. The van der Waals surface area contributed by atoms with E-state index in [9.17, 15) is 10.1 Å². The summed E-state index contributed by atoms with van der Waals surface area (Å²) in [4.78, 5) is 11.2. The van der Waals surface area contributed by atoms with Crippen molar-refractivity contribution in [2.75, 3.05) is 0 Å². The smallest absolute Gasteiger partial charge is 0.309 e. The molecule has 15 heavy (non-hydrogen) atoms. The molecule has 0 aromatic carbocycles. The Morgan fingerprint density at radius 2 is 2.40 bits per heavy atom. The van der Waals surface area contributed by atoms with E-state index in [4.69, 9.17) is 0 Å². The van der Waals surface area contributed by atoms with Crippen molar-refractivity contribution in [1.29, 1.82) is 0 Å². The van der Waals surface area contributed by atoms with Crippen LogP contribution in [0.2, 0.25) is 0 Å². The fourth-order valence-corrected chi connectivity index (χ4v) is 2.36. The van der Waals surface area contributed by atoms with Gasteiger partial charge in [-0.15, -0.1) is 0 Å². The molecule has 0 amide bonds. The van der Waals surface area contributed by atoms with E-state index in [1.165, 1.54) is 24.2 Å². The largest absolute Gasteiger partial charge is 0.324 e. The van der Waals surface area contributed by atoms with Gasteiger partial charge in [-0.05, 0) is 31.7 Å². The molecule has 0 radical (unpaired) electrons. The first-order chi connectivity index (χ1) is 7.16. The van der Waals surface area contributed by atoms with E-state index < -0.39 is 0 Å². The summed E-state index contributed by atoms with van der Waals surface area (Å²) < 4.78 is 0. The molecule has 0 aliphatic heterocycles. The second-order valence-electron chi connectivity index (χ2n) is 4.00. The Hall–Kier alpha value is -0.940. The van der Waals surface area contributed by atoms with Crippen molar-refractivity contribution < 1.29 is 4.92 Å². The van der Waals surface area contributed by atoms with Crippen LogP contribution in [0.1, 0.15) is 24.6 Å². The summed E-state index contributed by atoms with van der Waals surface area (Å²) in [5.41, 5.74) is 0. The molecule has 1 aromatic rings. The molecule has 2 rings (SSSR count). The minimum Gasteiger partial charge on any atom is -0.309 e. The Labute approximate surface area is 92.5 Å². The molecule has 5 heteroatoms. The van der Waals surface area contributed by atoms with Crippen LogP contribution < -0.4 is 5.32 Å². The van der Waals surface area contributed by atoms with Crippen molar-refractivity contribution in [3.8, 4) is 0 Å². The van der Waals surface area contributed by atoms with Gasteiger partial charge in [0, 0.05) is 23.5 Å². The zero-order valence-corrected chi connectivity index (χ0v) is 9.42. The first-order valence-corrected chi connectivity index (χ1v) is 5.95. The van der Waals surface area contributed by atoms with Gasteiger partial charge in [0.05, 0.1) is 4.92 Å². The number of nitro groups is 1. The number of nitrogens with one attached hydrogen (secondary N) is 1. The first kappa shape index (κ1) is 10.6. The lowest BCUT2D eigenvalue weighted by Crippen LogP contribution is -2.26. The molecule has 1 saturated carbocycles. The summed E-state index contributed by atoms with van der Waals surface area (Å²) in [5, 5.41) is 14.1. The maximum absolute atomic E-state index is 10.5. The summed E-state index contributed by atoms with van der Waals surface area (Å²) >= 11 is 1.25. The molecule has 1 atom stereocenters. The summed E-state index contributed by atoms with van der Waals surface area (Å²) in [6.45, 7) is 2.93. The van der Waals surface area contributed by atoms with E-state index in [-0.39, 0.29) is 9.92 Å². The van der Waals surface area contributed by atoms with Crippen LogP contribution in [0.25, 0.3) is 0 Å². The zero-order valence-electron chi connectivity index (χ0n) is 8.60. The standard InChI is InChI=1S/C10H14N2O2S/c1-7(8-2-3-8)11-6-9-4-5-10(15-9)12(13)14/h4-5,7-8,11H,2-3,6H2,1H3. The van der Waals surface area contributed by atoms with Crippen molar-refractivity contribution in [3.05, 3.63) is 27.1 Å². The first-order valence-electron chi connectivity index (χ1n) is 5.13. The van der Waals surface area contributed by atoms with E-state index in [1.54, 1.807) is 6.07 Å². The maximum atomic E-state index is 10.5. The van der Waals surface area contributed by atoms with Crippen LogP contribution in [-0.4, -0.2) is 11.0 Å². The normalized spacial score (nSPS) is 17.7. The highest BCUT2D eigenvalue weighted by Gasteiger charge is 2.27. The topological polar surface area (TPSA) is 55.2 Å². The van der Waals surface area contributed by atoms with E-state index in [0.29, 0.717) is 6.04 Å². The molecule has 1 unspecified atom stereocenters. The lowest BCUT2D eigenvalue weighted by atomic mass is 10.2. The molecule has 0 saturated heterocycles. The third-order valence-electron chi connectivity index (χ3n) is 2.75. The van der Waals surface area contributed by atoms with Crippen molar-refractivity contribution in [2.45, 2.75) is 32.4 Å². The van der Waals surface area contributed by atoms with Gasteiger partial charge < -0.3 is 5.32 Å². The Morgan fingerprint density at radius 1 is 1.67 bits per heavy atom. The Balaban J connectivity index is 1.84. The van der Waals surface area contributed by atoms with Crippen molar-refractivity contribution >= 4 is 16.3 Å². The molecule has 4 nitrogen and oxygen atoms in total. The molecule has 0 bridgehead atoms. The predicted octanol–water partition coefficient (Wildman–Crippen LogP) is 2.54. The van der Waals surface area contributed by atoms with E-state index >= 15 is 0 Å². The fraction of sp³-hybridized carbons (Fsp3) is 0.600. The summed E-state index contributed by atoms with van der Waals surface area (Å²) in [6.07, 6.45) is 2.64. The minimum absolute atomic E-state index is 0.228. The van der Waals surface area contributed by atoms with Crippen LogP contribution in [0.4, 0.5) is 5.00 Å². The van der Waals surface area contributed by atoms with Crippen molar-refractivity contribution in [3.63, 3.8) is 0 Å². The highest BCUT2D eigenvalue weighted by Crippen LogP contribution is 2.32. The van der Waals surface area contributed by atoms with Crippen LogP contribution in [-0.2, 0) is 6.54 Å². The predicted molar refractivity (Wildman–Crippen MR) is 60.0 cm³/mol. The molecule has 1 aromatic heterocycles. The van der Waals surface area contributed by atoms with Crippen LogP contribution in [0, 0.1) is 16.0 Å². The van der Waals surface area contributed by atoms with E-state index in [0.717, 1.165) is 17.3 Å². The van der Waals surface area contributed by atoms with Crippen molar-refractivity contribution in [1.82, 2.24) is 5.32 Å². The highest BCUT2D eigenvalue weighted by atomic mass is 32.1. The number of thiophene rings is 1. The molecule has 1 fully saturated rings. The monoisotopic (exact) mass is 226 g/mol. The number of rotatable bonds is 5. The van der Waals surface area contributed by atoms with Gasteiger partial charge in [-0.3, -0.25) is 10.1 Å². The average molecular weight is 226 g/mol. The van der Waals surface area contributed by atoms with Crippen LogP contribution in [0.3, 0.4) is 0 Å².